The van der Waals surface area contributed by atoms with Crippen molar-refractivity contribution in [1.82, 2.24) is 4.98 Å². The number of carbonyl (C=O) groups excluding carboxylic acids is 2. The summed E-state index contributed by atoms with van der Waals surface area (Å²) >= 11 is 0. The average molecular weight is 326 g/mol. The van der Waals surface area contributed by atoms with E-state index in [0.717, 1.165) is 18.9 Å². The molecule has 0 unspecified atom stereocenters. The predicted molar refractivity (Wildman–Crippen MR) is 88.7 cm³/mol. The van der Waals surface area contributed by atoms with Crippen LogP contribution in [-0.2, 0) is 4.74 Å². The van der Waals surface area contributed by atoms with Gasteiger partial charge in [-0.15, -0.1) is 0 Å². The van der Waals surface area contributed by atoms with Gasteiger partial charge in [0.25, 0.3) is 0 Å². The van der Waals surface area contributed by atoms with Crippen molar-refractivity contribution in [3.05, 3.63) is 53.7 Å². The number of morpholine rings is 1. The number of pyridine rings is 1. The van der Waals surface area contributed by atoms with Gasteiger partial charge in [-0.1, -0.05) is 0 Å². The SMILES string of the molecule is CC(=O)c1ccc(OC(=O)c2ccc(N3CCOCC3)nc2)cc1. The highest BCUT2D eigenvalue weighted by Crippen LogP contribution is 2.16. The highest BCUT2D eigenvalue weighted by Gasteiger charge is 2.14. The summed E-state index contributed by atoms with van der Waals surface area (Å²) in [5.41, 5.74) is 0.953. The van der Waals surface area contributed by atoms with Crippen LogP contribution in [0.5, 0.6) is 5.75 Å². The number of Topliss-reactive ketones (excluding diaryl/α,β-unsaturated/α-hetero) is 1. The summed E-state index contributed by atoms with van der Waals surface area (Å²) in [5, 5.41) is 0. The Morgan fingerprint density at radius 3 is 2.29 bits per heavy atom. The lowest BCUT2D eigenvalue weighted by atomic mass is 10.1. The van der Waals surface area contributed by atoms with E-state index in [0.29, 0.717) is 30.1 Å². The van der Waals surface area contributed by atoms with Crippen molar-refractivity contribution in [3.8, 4) is 5.75 Å². The molecule has 3 rings (SSSR count). The molecule has 2 aromatic rings. The number of carbonyl (C=O) groups is 2. The van der Waals surface area contributed by atoms with E-state index in [4.69, 9.17) is 9.47 Å². The molecule has 0 saturated carbocycles. The molecule has 0 bridgehead atoms. The summed E-state index contributed by atoms with van der Waals surface area (Å²) in [6.07, 6.45) is 1.51. The number of anilines is 1. The van der Waals surface area contributed by atoms with E-state index in [2.05, 4.69) is 9.88 Å². The lowest BCUT2D eigenvalue weighted by Gasteiger charge is -2.27. The van der Waals surface area contributed by atoms with Crippen LogP contribution in [0.3, 0.4) is 0 Å². The van der Waals surface area contributed by atoms with E-state index < -0.39 is 5.97 Å². The molecule has 1 aliphatic heterocycles. The maximum Gasteiger partial charge on any atom is 0.345 e. The molecule has 6 heteroatoms. The van der Waals surface area contributed by atoms with Crippen LogP contribution in [0.15, 0.2) is 42.6 Å². The molecule has 2 heterocycles. The van der Waals surface area contributed by atoms with Crippen LogP contribution in [-0.4, -0.2) is 43.0 Å². The van der Waals surface area contributed by atoms with Gasteiger partial charge in [0.1, 0.15) is 11.6 Å². The second kappa shape index (κ2) is 7.23. The standard InChI is InChI=1S/C18H18N2O4/c1-13(21)14-2-5-16(6-3-14)24-18(22)15-4-7-17(19-12-15)20-8-10-23-11-9-20/h2-7,12H,8-11H2,1H3. The smallest absolute Gasteiger partial charge is 0.345 e. The van der Waals surface area contributed by atoms with Gasteiger partial charge in [-0.3, -0.25) is 4.79 Å². The van der Waals surface area contributed by atoms with E-state index in [-0.39, 0.29) is 5.78 Å². The Morgan fingerprint density at radius 1 is 1.04 bits per heavy atom. The van der Waals surface area contributed by atoms with Gasteiger partial charge in [0, 0.05) is 24.8 Å². The largest absolute Gasteiger partial charge is 0.423 e. The number of rotatable bonds is 4. The van der Waals surface area contributed by atoms with Crippen LogP contribution >= 0.6 is 0 Å². The van der Waals surface area contributed by atoms with Gasteiger partial charge >= 0.3 is 5.97 Å². The van der Waals surface area contributed by atoms with Gasteiger partial charge in [0.2, 0.25) is 0 Å². The number of benzene rings is 1. The third kappa shape index (κ3) is 3.78. The van der Waals surface area contributed by atoms with Crippen molar-refractivity contribution in [1.29, 1.82) is 0 Å². The maximum atomic E-state index is 12.2. The summed E-state index contributed by atoms with van der Waals surface area (Å²) < 4.78 is 10.6. The normalized spacial score (nSPS) is 14.3. The molecule has 1 aliphatic rings. The third-order valence-corrected chi connectivity index (χ3v) is 3.79. The minimum Gasteiger partial charge on any atom is -0.423 e. The average Bonchev–Trinajstić information content (AvgIpc) is 2.63. The van der Waals surface area contributed by atoms with Gasteiger partial charge in [-0.2, -0.15) is 0 Å². The van der Waals surface area contributed by atoms with Crippen molar-refractivity contribution in [2.75, 3.05) is 31.2 Å². The van der Waals surface area contributed by atoms with Crippen molar-refractivity contribution in [2.24, 2.45) is 0 Å². The molecule has 1 aromatic heterocycles. The molecule has 24 heavy (non-hydrogen) atoms. The van der Waals surface area contributed by atoms with Gasteiger partial charge in [-0.05, 0) is 43.3 Å². The molecule has 0 amide bonds. The van der Waals surface area contributed by atoms with E-state index in [1.54, 1.807) is 36.4 Å². The van der Waals surface area contributed by atoms with E-state index >= 15 is 0 Å². The van der Waals surface area contributed by atoms with Crippen LogP contribution in [0.1, 0.15) is 27.6 Å². The van der Waals surface area contributed by atoms with Crippen molar-refractivity contribution >= 4 is 17.6 Å². The number of nitrogens with zero attached hydrogens (tertiary/aromatic N) is 2. The Morgan fingerprint density at radius 2 is 1.71 bits per heavy atom. The number of ketones is 1. The molecule has 6 nitrogen and oxygen atoms in total. The fourth-order valence-electron chi connectivity index (χ4n) is 2.41. The van der Waals surface area contributed by atoms with Gasteiger partial charge < -0.3 is 14.4 Å². The van der Waals surface area contributed by atoms with Crippen LogP contribution in [0, 0.1) is 0 Å². The van der Waals surface area contributed by atoms with Crippen LogP contribution in [0.4, 0.5) is 5.82 Å². The second-order valence-electron chi connectivity index (χ2n) is 5.47. The van der Waals surface area contributed by atoms with Gasteiger partial charge in [0.05, 0.1) is 18.8 Å². The Hall–Kier alpha value is -2.73. The summed E-state index contributed by atoms with van der Waals surface area (Å²) in [7, 11) is 0. The fraction of sp³-hybridized carbons (Fsp3) is 0.278. The lowest BCUT2D eigenvalue weighted by Crippen LogP contribution is -2.36. The Kier molecular flexibility index (Phi) is 4.86. The first-order chi connectivity index (χ1) is 11.6. The third-order valence-electron chi connectivity index (χ3n) is 3.79. The summed E-state index contributed by atoms with van der Waals surface area (Å²) in [5.74, 6) is 0.699. The predicted octanol–water partition coefficient (Wildman–Crippen LogP) is 2.34. The number of aromatic nitrogens is 1. The zero-order valence-corrected chi connectivity index (χ0v) is 13.4. The number of ether oxygens (including phenoxy) is 2. The van der Waals surface area contributed by atoms with Gasteiger partial charge in [-0.25, -0.2) is 9.78 Å². The Bertz CT molecular complexity index is 720. The number of esters is 1. The summed E-state index contributed by atoms with van der Waals surface area (Å²) in [6.45, 7) is 4.44. The lowest BCUT2D eigenvalue weighted by molar-refractivity contribution is 0.0734. The first-order valence-corrected chi connectivity index (χ1v) is 7.75. The zero-order valence-electron chi connectivity index (χ0n) is 13.4. The van der Waals surface area contributed by atoms with Crippen molar-refractivity contribution < 1.29 is 19.1 Å². The molecular weight excluding hydrogens is 308 g/mol. The quantitative estimate of drug-likeness (QED) is 0.488. The zero-order chi connectivity index (χ0) is 16.9. The molecular formula is C18H18N2O4. The molecule has 0 spiro atoms. The van der Waals surface area contributed by atoms with E-state index in [9.17, 15) is 9.59 Å². The maximum absolute atomic E-state index is 12.2. The molecule has 0 aliphatic carbocycles. The summed E-state index contributed by atoms with van der Waals surface area (Å²) in [4.78, 5) is 29.8. The monoisotopic (exact) mass is 326 g/mol. The van der Waals surface area contributed by atoms with Gasteiger partial charge in [0.15, 0.2) is 5.78 Å². The first kappa shape index (κ1) is 16.1. The van der Waals surface area contributed by atoms with Crippen molar-refractivity contribution in [2.45, 2.75) is 6.92 Å². The number of hydrogen-bond donors (Lipinski definition) is 0. The minimum absolute atomic E-state index is 0.0317. The molecule has 0 atom stereocenters. The molecule has 0 N–H and O–H groups in total. The van der Waals surface area contributed by atoms with E-state index in [1.807, 2.05) is 0 Å². The molecule has 0 radical (unpaired) electrons. The molecule has 1 aromatic carbocycles. The molecule has 1 saturated heterocycles. The topological polar surface area (TPSA) is 68.7 Å². The Labute approximate surface area is 140 Å². The minimum atomic E-state index is -0.480. The fourth-order valence-corrected chi connectivity index (χ4v) is 2.41. The van der Waals surface area contributed by atoms with E-state index in [1.165, 1.54) is 13.1 Å². The Balaban J connectivity index is 1.65. The van der Waals surface area contributed by atoms with Crippen LogP contribution in [0.25, 0.3) is 0 Å². The first-order valence-electron chi connectivity index (χ1n) is 7.75. The highest BCUT2D eigenvalue weighted by atomic mass is 16.5. The molecule has 124 valence electrons. The number of hydrogen-bond acceptors (Lipinski definition) is 6. The highest BCUT2D eigenvalue weighted by molar-refractivity contribution is 5.94. The van der Waals surface area contributed by atoms with Crippen molar-refractivity contribution in [3.63, 3.8) is 0 Å². The van der Waals surface area contributed by atoms with Crippen LogP contribution in [0.2, 0.25) is 0 Å². The molecule has 1 fully saturated rings. The van der Waals surface area contributed by atoms with Crippen LogP contribution < -0.4 is 9.64 Å². The second-order valence-corrected chi connectivity index (χ2v) is 5.47. The summed E-state index contributed by atoms with van der Waals surface area (Å²) in [6, 6.07) is 9.97.